The summed E-state index contributed by atoms with van der Waals surface area (Å²) >= 11 is 0. The second-order valence-corrected chi connectivity index (χ2v) is 8.99. The molecule has 0 aliphatic heterocycles. The summed E-state index contributed by atoms with van der Waals surface area (Å²) < 4.78 is 26.0. The van der Waals surface area contributed by atoms with Gasteiger partial charge in [0.1, 0.15) is 6.54 Å². The van der Waals surface area contributed by atoms with E-state index in [-0.39, 0.29) is 5.91 Å². The molecule has 2 amide bonds. The molecule has 0 fully saturated rings. The van der Waals surface area contributed by atoms with Crippen LogP contribution in [0.4, 0.5) is 11.4 Å². The van der Waals surface area contributed by atoms with E-state index in [4.69, 9.17) is 0 Å². The molecule has 8 heteroatoms. The van der Waals surface area contributed by atoms with Crippen molar-refractivity contribution >= 4 is 33.2 Å². The average Bonchev–Trinajstić information content (AvgIpc) is 2.67. The van der Waals surface area contributed by atoms with Crippen molar-refractivity contribution in [3.63, 3.8) is 0 Å². The summed E-state index contributed by atoms with van der Waals surface area (Å²) in [6.07, 6.45) is 1.07. The van der Waals surface area contributed by atoms with Gasteiger partial charge >= 0.3 is 0 Å². The summed E-state index contributed by atoms with van der Waals surface area (Å²) in [6, 6.07) is 12.2. The fourth-order valence-electron chi connectivity index (χ4n) is 3.34. The van der Waals surface area contributed by atoms with Crippen LogP contribution in [0.3, 0.4) is 0 Å². The number of hydrogen-bond donors (Lipinski definition) is 1. The van der Waals surface area contributed by atoms with Crippen LogP contribution in [0.25, 0.3) is 0 Å². The average molecular weight is 432 g/mol. The molecule has 0 aliphatic carbocycles. The molecule has 0 spiro atoms. The van der Waals surface area contributed by atoms with E-state index < -0.39 is 22.5 Å². The number of aryl methyl sites for hydroxylation is 2. The van der Waals surface area contributed by atoms with Gasteiger partial charge in [-0.05, 0) is 51.0 Å². The Hall–Kier alpha value is -2.87. The highest BCUT2D eigenvalue weighted by Crippen LogP contribution is 2.27. The highest BCUT2D eigenvalue weighted by molar-refractivity contribution is 7.92. The largest absolute Gasteiger partial charge is 0.339 e. The maximum Gasteiger partial charge on any atom is 0.255 e. The van der Waals surface area contributed by atoms with Crippen molar-refractivity contribution in [1.29, 1.82) is 0 Å². The molecule has 0 bridgehead atoms. The number of carbonyl (C=O) groups excluding carboxylic acids is 2. The molecule has 0 atom stereocenters. The monoisotopic (exact) mass is 431 g/mol. The number of benzene rings is 2. The molecule has 0 aromatic heterocycles. The first kappa shape index (κ1) is 23.4. The predicted octanol–water partition coefficient (Wildman–Crippen LogP) is 3.19. The number of hydrogen-bond acceptors (Lipinski definition) is 4. The molecule has 0 unspecified atom stereocenters. The van der Waals surface area contributed by atoms with Crippen LogP contribution in [0, 0.1) is 13.8 Å². The Morgan fingerprint density at radius 3 is 2.03 bits per heavy atom. The predicted molar refractivity (Wildman–Crippen MR) is 120 cm³/mol. The molecule has 2 aromatic rings. The topological polar surface area (TPSA) is 86.8 Å². The molecule has 0 saturated carbocycles. The van der Waals surface area contributed by atoms with Crippen LogP contribution in [-0.2, 0) is 14.8 Å². The highest BCUT2D eigenvalue weighted by atomic mass is 32.2. The molecule has 162 valence electrons. The SMILES string of the molecule is CCN(CC)C(=O)c1ccccc1NC(=O)CN(c1c(C)cccc1C)S(C)(=O)=O. The third-order valence-corrected chi connectivity index (χ3v) is 5.97. The van der Waals surface area contributed by atoms with E-state index >= 15 is 0 Å². The minimum absolute atomic E-state index is 0.189. The van der Waals surface area contributed by atoms with Crippen molar-refractivity contribution < 1.29 is 18.0 Å². The first-order valence-corrected chi connectivity index (χ1v) is 11.7. The van der Waals surface area contributed by atoms with Crippen molar-refractivity contribution in [3.05, 3.63) is 59.2 Å². The van der Waals surface area contributed by atoms with E-state index in [0.717, 1.165) is 21.7 Å². The summed E-state index contributed by atoms with van der Waals surface area (Å²) in [5.41, 5.74) is 2.72. The lowest BCUT2D eigenvalue weighted by Gasteiger charge is -2.26. The van der Waals surface area contributed by atoms with E-state index in [9.17, 15) is 18.0 Å². The van der Waals surface area contributed by atoms with Gasteiger partial charge in [0.15, 0.2) is 0 Å². The molecule has 7 nitrogen and oxygen atoms in total. The van der Waals surface area contributed by atoms with Crippen LogP contribution in [0.2, 0.25) is 0 Å². The molecule has 2 aromatic carbocycles. The molecule has 0 radical (unpaired) electrons. The molecule has 0 saturated heterocycles. The zero-order valence-corrected chi connectivity index (χ0v) is 18.9. The Morgan fingerprint density at radius 2 is 1.50 bits per heavy atom. The van der Waals surface area contributed by atoms with Gasteiger partial charge < -0.3 is 10.2 Å². The Bertz CT molecular complexity index is 1010. The number of amides is 2. The second-order valence-electron chi connectivity index (χ2n) is 7.08. The van der Waals surface area contributed by atoms with Crippen LogP contribution in [-0.4, -0.2) is 51.0 Å². The molecule has 30 heavy (non-hydrogen) atoms. The molecule has 0 heterocycles. The highest BCUT2D eigenvalue weighted by Gasteiger charge is 2.25. The number of nitrogens with zero attached hydrogens (tertiary/aromatic N) is 2. The van der Waals surface area contributed by atoms with Crippen molar-refractivity contribution in [2.75, 3.05) is 35.5 Å². The quantitative estimate of drug-likeness (QED) is 0.695. The number of carbonyl (C=O) groups is 2. The van der Waals surface area contributed by atoms with Crippen LogP contribution >= 0.6 is 0 Å². The number of nitrogens with one attached hydrogen (secondary N) is 1. The molecular weight excluding hydrogens is 402 g/mol. The minimum Gasteiger partial charge on any atom is -0.339 e. The van der Waals surface area contributed by atoms with Crippen molar-refractivity contribution in [3.8, 4) is 0 Å². The van der Waals surface area contributed by atoms with Gasteiger partial charge in [-0.25, -0.2) is 8.42 Å². The zero-order valence-electron chi connectivity index (χ0n) is 18.1. The summed E-state index contributed by atoms with van der Waals surface area (Å²) in [4.78, 5) is 27.2. The normalized spacial score (nSPS) is 11.1. The first-order chi connectivity index (χ1) is 14.1. The fraction of sp³-hybridized carbons (Fsp3) is 0.364. The molecular formula is C22H29N3O4S. The van der Waals surface area contributed by atoms with Crippen molar-refractivity contribution in [2.45, 2.75) is 27.7 Å². The smallest absolute Gasteiger partial charge is 0.255 e. The molecule has 1 N–H and O–H groups in total. The maximum atomic E-state index is 12.8. The van der Waals surface area contributed by atoms with Gasteiger partial charge in [0, 0.05) is 13.1 Å². The summed E-state index contributed by atoms with van der Waals surface area (Å²) in [5, 5.41) is 2.71. The van der Waals surface area contributed by atoms with E-state index in [1.807, 2.05) is 19.9 Å². The van der Waals surface area contributed by atoms with Crippen molar-refractivity contribution in [1.82, 2.24) is 4.90 Å². The minimum atomic E-state index is -3.70. The Labute approximate surface area is 178 Å². The van der Waals surface area contributed by atoms with E-state index in [0.29, 0.717) is 30.0 Å². The van der Waals surface area contributed by atoms with E-state index in [1.54, 1.807) is 55.1 Å². The number of anilines is 2. The van der Waals surface area contributed by atoms with Crippen LogP contribution in [0.1, 0.15) is 35.3 Å². The van der Waals surface area contributed by atoms with Gasteiger partial charge in [-0.1, -0.05) is 30.3 Å². The Balaban J connectivity index is 2.33. The third-order valence-electron chi connectivity index (χ3n) is 4.86. The zero-order chi connectivity index (χ0) is 22.5. The standard InChI is InChI=1S/C22H29N3O4S/c1-6-24(7-2)22(27)18-13-8-9-14-19(18)23-20(26)15-25(30(5,28)29)21-16(3)11-10-12-17(21)4/h8-14H,6-7,15H2,1-5H3,(H,23,26). The van der Waals surface area contributed by atoms with Gasteiger partial charge in [0.25, 0.3) is 5.91 Å². The van der Waals surface area contributed by atoms with E-state index in [2.05, 4.69) is 5.32 Å². The van der Waals surface area contributed by atoms with Crippen molar-refractivity contribution in [2.24, 2.45) is 0 Å². The Kier molecular flexibility index (Phi) is 7.61. The second kappa shape index (κ2) is 9.75. The maximum absolute atomic E-state index is 12.8. The first-order valence-electron chi connectivity index (χ1n) is 9.82. The lowest BCUT2D eigenvalue weighted by Crippen LogP contribution is -2.38. The number of para-hydroxylation sites is 2. The van der Waals surface area contributed by atoms with Crippen LogP contribution < -0.4 is 9.62 Å². The van der Waals surface area contributed by atoms with Gasteiger partial charge in [-0.2, -0.15) is 0 Å². The lowest BCUT2D eigenvalue weighted by atomic mass is 10.1. The summed E-state index contributed by atoms with van der Waals surface area (Å²) in [7, 11) is -3.70. The molecule has 2 rings (SSSR count). The van der Waals surface area contributed by atoms with E-state index in [1.165, 1.54) is 0 Å². The third kappa shape index (κ3) is 5.38. The van der Waals surface area contributed by atoms with Gasteiger partial charge in [-0.15, -0.1) is 0 Å². The van der Waals surface area contributed by atoms with Crippen LogP contribution in [0.5, 0.6) is 0 Å². The summed E-state index contributed by atoms with van der Waals surface area (Å²) in [6.45, 7) is 8.08. The molecule has 0 aliphatic rings. The fourth-order valence-corrected chi connectivity index (χ4v) is 4.31. The summed E-state index contributed by atoms with van der Waals surface area (Å²) in [5.74, 6) is -0.714. The Morgan fingerprint density at radius 1 is 0.933 bits per heavy atom. The van der Waals surface area contributed by atoms with Gasteiger partial charge in [0.05, 0.1) is 23.2 Å². The van der Waals surface area contributed by atoms with Gasteiger partial charge in [-0.3, -0.25) is 13.9 Å². The van der Waals surface area contributed by atoms with Gasteiger partial charge in [0.2, 0.25) is 15.9 Å². The number of sulfonamides is 1. The number of rotatable bonds is 8. The lowest BCUT2D eigenvalue weighted by molar-refractivity contribution is -0.114. The van der Waals surface area contributed by atoms with Crippen LogP contribution in [0.15, 0.2) is 42.5 Å².